The fourth-order valence-electron chi connectivity index (χ4n) is 0.366. The van der Waals surface area contributed by atoms with Gasteiger partial charge in [0.2, 0.25) is 0 Å². The topological polar surface area (TPSA) is 43.1 Å². The number of Topliss-reactive ketones (excluding diaryl/α,β-unsaturated/α-hetero) is 1. The van der Waals surface area contributed by atoms with Crippen LogP contribution in [0.4, 0.5) is 0 Å². The summed E-state index contributed by atoms with van der Waals surface area (Å²) in [6.45, 7) is 0.150. The first-order valence-corrected chi connectivity index (χ1v) is 3.12. The second-order valence-corrected chi connectivity index (χ2v) is 1.91. The van der Waals surface area contributed by atoms with E-state index in [9.17, 15) is 4.79 Å². The van der Waals surface area contributed by atoms with E-state index < -0.39 is 0 Å². The van der Waals surface area contributed by atoms with Crippen molar-refractivity contribution in [1.29, 1.82) is 0 Å². The molecule has 4 heteroatoms. The summed E-state index contributed by atoms with van der Waals surface area (Å²) in [4.78, 5) is 10.4. The fourth-order valence-corrected chi connectivity index (χ4v) is 0.500. The van der Waals surface area contributed by atoms with Crippen molar-refractivity contribution >= 4 is 29.8 Å². The Hall–Kier alpha value is 0.210. The van der Waals surface area contributed by atoms with Crippen molar-refractivity contribution in [2.75, 3.05) is 12.4 Å². The monoisotopic (exact) mass is 171 g/mol. The van der Waals surface area contributed by atoms with Crippen LogP contribution in [0, 0.1) is 0 Å². The predicted octanol–water partition coefficient (Wildman–Crippen LogP) is 0.955. The van der Waals surface area contributed by atoms with Crippen molar-refractivity contribution in [3.05, 3.63) is 0 Å². The molecule has 0 bridgehead atoms. The van der Waals surface area contributed by atoms with Gasteiger partial charge in [0, 0.05) is 12.3 Å². The number of rotatable bonds is 4. The maximum atomic E-state index is 10.4. The van der Waals surface area contributed by atoms with Crippen LogP contribution in [0.25, 0.3) is 0 Å². The lowest BCUT2D eigenvalue weighted by Crippen LogP contribution is -2.12. The smallest absolute Gasteiger partial charge is 0.146 e. The van der Waals surface area contributed by atoms with E-state index in [1.165, 1.54) is 0 Å². The van der Waals surface area contributed by atoms with Gasteiger partial charge in [-0.05, 0) is 6.42 Å². The van der Waals surface area contributed by atoms with Gasteiger partial charge >= 0.3 is 0 Å². The van der Waals surface area contributed by atoms with Crippen molar-refractivity contribution in [2.45, 2.75) is 12.8 Å². The van der Waals surface area contributed by atoms with Gasteiger partial charge in [-0.2, -0.15) is 0 Å². The summed E-state index contributed by atoms with van der Waals surface area (Å²) in [5, 5.41) is 0. The Morgan fingerprint density at radius 1 is 1.56 bits per heavy atom. The third kappa shape index (κ3) is 8.21. The number of hydrogen-bond acceptors (Lipinski definition) is 2. The van der Waals surface area contributed by atoms with Gasteiger partial charge in [0.05, 0.1) is 6.54 Å². The van der Waals surface area contributed by atoms with E-state index in [0.717, 1.165) is 6.42 Å². The average Bonchev–Trinajstić information content (AvgIpc) is 1.83. The Morgan fingerprint density at radius 3 is 2.44 bits per heavy atom. The van der Waals surface area contributed by atoms with E-state index in [-0.39, 0.29) is 24.7 Å². The van der Waals surface area contributed by atoms with Crippen LogP contribution in [0.15, 0.2) is 0 Å². The second kappa shape index (κ2) is 8.21. The molecule has 2 N–H and O–H groups in total. The third-order valence-electron chi connectivity index (χ3n) is 0.817. The molecule has 2 nitrogen and oxygen atoms in total. The van der Waals surface area contributed by atoms with E-state index in [2.05, 4.69) is 0 Å². The molecule has 0 aliphatic carbocycles. The Morgan fingerprint density at radius 2 is 2.11 bits per heavy atom. The molecule has 9 heavy (non-hydrogen) atoms. The van der Waals surface area contributed by atoms with Crippen molar-refractivity contribution in [3.63, 3.8) is 0 Å². The average molecular weight is 172 g/mol. The minimum absolute atomic E-state index is 0. The van der Waals surface area contributed by atoms with Crippen LogP contribution in [0.3, 0.4) is 0 Å². The van der Waals surface area contributed by atoms with E-state index in [4.69, 9.17) is 17.3 Å². The highest BCUT2D eigenvalue weighted by molar-refractivity contribution is 6.17. The zero-order valence-electron chi connectivity index (χ0n) is 5.10. The van der Waals surface area contributed by atoms with Crippen molar-refractivity contribution in [1.82, 2.24) is 0 Å². The molecule has 0 aromatic carbocycles. The van der Waals surface area contributed by atoms with Crippen molar-refractivity contribution < 1.29 is 4.79 Å². The molecule has 0 fully saturated rings. The van der Waals surface area contributed by atoms with Gasteiger partial charge in [0.1, 0.15) is 5.78 Å². The standard InChI is InChI=1S/C5H10ClNO.ClH/c6-3-1-2-5(8)4-7;/h1-4,7H2;1H. The molecule has 56 valence electrons. The molecule has 0 aliphatic heterocycles. The minimum Gasteiger partial charge on any atom is -0.324 e. The molecular formula is C5H11Cl2NO. The van der Waals surface area contributed by atoms with E-state index in [0.29, 0.717) is 12.3 Å². The Bertz CT molecular complexity index is 77.4. The molecule has 0 aromatic heterocycles. The van der Waals surface area contributed by atoms with Gasteiger partial charge in [0.15, 0.2) is 0 Å². The first-order valence-electron chi connectivity index (χ1n) is 2.59. The third-order valence-corrected chi connectivity index (χ3v) is 1.08. The molecule has 0 aliphatic rings. The van der Waals surface area contributed by atoms with Crippen molar-refractivity contribution in [2.24, 2.45) is 5.73 Å². The van der Waals surface area contributed by atoms with Gasteiger partial charge in [-0.1, -0.05) is 0 Å². The van der Waals surface area contributed by atoms with Gasteiger partial charge in [0.25, 0.3) is 0 Å². The largest absolute Gasteiger partial charge is 0.324 e. The SMILES string of the molecule is Cl.NCC(=O)CCCCl. The fraction of sp³-hybridized carbons (Fsp3) is 0.800. The van der Waals surface area contributed by atoms with Gasteiger partial charge in [-0.3, -0.25) is 4.79 Å². The van der Waals surface area contributed by atoms with Gasteiger partial charge in [-0.25, -0.2) is 0 Å². The summed E-state index contributed by atoms with van der Waals surface area (Å²) < 4.78 is 0. The number of hydrogen-bond donors (Lipinski definition) is 1. The predicted molar refractivity (Wildman–Crippen MR) is 41.3 cm³/mol. The quantitative estimate of drug-likeness (QED) is 0.641. The second-order valence-electron chi connectivity index (χ2n) is 1.54. The normalized spacial score (nSPS) is 8.22. The van der Waals surface area contributed by atoms with Gasteiger partial charge in [-0.15, -0.1) is 24.0 Å². The summed E-state index contributed by atoms with van der Waals surface area (Å²) in [7, 11) is 0. The summed E-state index contributed by atoms with van der Waals surface area (Å²) in [5.74, 6) is 0.636. The zero-order valence-corrected chi connectivity index (χ0v) is 6.67. The summed E-state index contributed by atoms with van der Waals surface area (Å²) in [6.07, 6.45) is 1.28. The molecule has 0 saturated heterocycles. The van der Waals surface area contributed by atoms with Crippen LogP contribution in [0.2, 0.25) is 0 Å². The lowest BCUT2D eigenvalue weighted by Gasteiger charge is -1.90. The number of carbonyl (C=O) groups excluding carboxylic acids is 1. The van der Waals surface area contributed by atoms with Crippen LogP contribution in [-0.2, 0) is 4.79 Å². The summed E-state index contributed by atoms with van der Waals surface area (Å²) in [5.41, 5.74) is 5.02. The molecule has 0 aromatic rings. The number of carbonyl (C=O) groups is 1. The maximum absolute atomic E-state index is 10.4. The lowest BCUT2D eigenvalue weighted by atomic mass is 10.2. The van der Waals surface area contributed by atoms with Crippen LogP contribution in [0.5, 0.6) is 0 Å². The number of ketones is 1. The van der Waals surface area contributed by atoms with Crippen LogP contribution in [0.1, 0.15) is 12.8 Å². The van der Waals surface area contributed by atoms with E-state index >= 15 is 0 Å². The molecule has 0 atom stereocenters. The molecule has 0 amide bonds. The van der Waals surface area contributed by atoms with Crippen LogP contribution < -0.4 is 5.73 Å². The number of halogens is 2. The summed E-state index contributed by atoms with van der Waals surface area (Å²) >= 11 is 5.31. The first-order chi connectivity index (χ1) is 3.81. The minimum atomic E-state index is 0. The van der Waals surface area contributed by atoms with Crippen LogP contribution >= 0.6 is 24.0 Å². The van der Waals surface area contributed by atoms with E-state index in [1.807, 2.05) is 0 Å². The molecular weight excluding hydrogens is 161 g/mol. The number of nitrogens with two attached hydrogens (primary N) is 1. The van der Waals surface area contributed by atoms with Gasteiger partial charge < -0.3 is 5.73 Å². The highest BCUT2D eigenvalue weighted by Gasteiger charge is 1.94. The Labute approximate surface area is 66.2 Å². The first kappa shape index (κ1) is 11.9. The molecule has 0 rings (SSSR count). The lowest BCUT2D eigenvalue weighted by molar-refractivity contribution is -0.117. The Balaban J connectivity index is 0. The highest BCUT2D eigenvalue weighted by Crippen LogP contribution is 1.90. The molecule has 0 radical (unpaired) electrons. The molecule has 0 unspecified atom stereocenters. The number of alkyl halides is 1. The maximum Gasteiger partial charge on any atom is 0.146 e. The van der Waals surface area contributed by atoms with Crippen LogP contribution in [-0.4, -0.2) is 18.2 Å². The Kier molecular flexibility index (Phi) is 10.9. The molecule has 0 spiro atoms. The highest BCUT2D eigenvalue weighted by atomic mass is 35.5. The van der Waals surface area contributed by atoms with Crippen molar-refractivity contribution in [3.8, 4) is 0 Å². The zero-order chi connectivity index (χ0) is 6.41. The molecule has 0 heterocycles. The summed E-state index contributed by atoms with van der Waals surface area (Å²) in [6, 6.07) is 0. The molecule has 0 saturated carbocycles. The van der Waals surface area contributed by atoms with E-state index in [1.54, 1.807) is 0 Å².